The summed E-state index contributed by atoms with van der Waals surface area (Å²) in [7, 11) is 0. The van der Waals surface area contributed by atoms with Crippen molar-refractivity contribution in [2.45, 2.75) is 0 Å². The summed E-state index contributed by atoms with van der Waals surface area (Å²) in [6, 6.07) is 5.94. The van der Waals surface area contributed by atoms with E-state index in [1.807, 2.05) is 0 Å². The summed E-state index contributed by atoms with van der Waals surface area (Å²) in [6.07, 6.45) is 0. The lowest BCUT2D eigenvalue weighted by Crippen LogP contribution is -2.14. The van der Waals surface area contributed by atoms with E-state index in [0.717, 1.165) is 0 Å². The van der Waals surface area contributed by atoms with Gasteiger partial charge in [-0.1, -0.05) is 0 Å². The number of aliphatic hydroxyl groups excluding tert-OH is 1. The predicted octanol–water partition coefficient (Wildman–Crippen LogP) is 1.05. The molecule has 1 rings (SSSR count). The van der Waals surface area contributed by atoms with Gasteiger partial charge in [0, 0.05) is 11.4 Å². The lowest BCUT2D eigenvalue weighted by molar-refractivity contribution is -0.113. The minimum Gasteiger partial charge on any atom is -0.478 e. The minimum atomic E-state index is -0.999. The van der Waals surface area contributed by atoms with Gasteiger partial charge in [-0.05, 0) is 24.3 Å². The third-order valence-electron chi connectivity index (χ3n) is 1.88. The van der Waals surface area contributed by atoms with Gasteiger partial charge in [0.1, 0.15) is 0 Å². The Labute approximate surface area is 103 Å². The molecule has 0 saturated heterocycles. The molecule has 0 saturated carbocycles. The maximum absolute atomic E-state index is 11.4. The van der Waals surface area contributed by atoms with Crippen LogP contribution in [0.4, 0.5) is 5.69 Å². The number of carboxylic acid groups (broad SMARTS) is 1. The molecule has 0 aromatic heterocycles. The number of aliphatic hydroxyl groups is 1. The molecule has 5 nitrogen and oxygen atoms in total. The molecular weight excluding hydrogens is 242 g/mol. The van der Waals surface area contributed by atoms with Gasteiger partial charge in [-0.3, -0.25) is 4.79 Å². The summed E-state index contributed by atoms with van der Waals surface area (Å²) in [6.45, 7) is 0.0469. The highest BCUT2D eigenvalue weighted by molar-refractivity contribution is 7.99. The second-order valence-corrected chi connectivity index (χ2v) is 4.31. The predicted molar refractivity (Wildman–Crippen MR) is 66.4 cm³/mol. The lowest BCUT2D eigenvalue weighted by Gasteiger charge is -2.04. The van der Waals surface area contributed by atoms with Gasteiger partial charge in [0.15, 0.2) is 0 Å². The Balaban J connectivity index is 2.46. The van der Waals surface area contributed by atoms with E-state index in [2.05, 4.69) is 5.32 Å². The van der Waals surface area contributed by atoms with Crippen LogP contribution in [0.2, 0.25) is 0 Å². The van der Waals surface area contributed by atoms with Crippen molar-refractivity contribution in [1.29, 1.82) is 0 Å². The molecule has 0 aliphatic carbocycles. The zero-order valence-electron chi connectivity index (χ0n) is 9.05. The van der Waals surface area contributed by atoms with Gasteiger partial charge in [-0.25, -0.2) is 4.79 Å². The molecule has 0 spiro atoms. The van der Waals surface area contributed by atoms with Crippen molar-refractivity contribution in [3.8, 4) is 0 Å². The van der Waals surface area contributed by atoms with E-state index in [4.69, 9.17) is 10.2 Å². The summed E-state index contributed by atoms with van der Waals surface area (Å²) in [5.74, 6) is -0.389. The Kier molecular flexibility index (Phi) is 5.51. The van der Waals surface area contributed by atoms with Gasteiger partial charge in [0.05, 0.1) is 17.9 Å². The first kappa shape index (κ1) is 13.5. The highest BCUT2D eigenvalue weighted by atomic mass is 32.2. The molecule has 0 radical (unpaired) electrons. The van der Waals surface area contributed by atoms with Crippen molar-refractivity contribution in [1.82, 2.24) is 0 Å². The quantitative estimate of drug-likeness (QED) is 0.661. The van der Waals surface area contributed by atoms with Crippen LogP contribution in [-0.4, -0.2) is 40.2 Å². The summed E-state index contributed by atoms with van der Waals surface area (Å²) < 4.78 is 0. The van der Waals surface area contributed by atoms with Crippen LogP contribution in [0.3, 0.4) is 0 Å². The number of aromatic carboxylic acids is 1. The highest BCUT2D eigenvalue weighted by Gasteiger charge is 2.04. The number of carboxylic acids is 1. The van der Waals surface area contributed by atoms with E-state index in [9.17, 15) is 9.59 Å². The fourth-order valence-electron chi connectivity index (χ4n) is 1.12. The summed E-state index contributed by atoms with van der Waals surface area (Å²) in [5.41, 5.74) is 0.738. The van der Waals surface area contributed by atoms with E-state index < -0.39 is 5.97 Å². The van der Waals surface area contributed by atoms with Crippen LogP contribution in [0.1, 0.15) is 10.4 Å². The van der Waals surface area contributed by atoms with Gasteiger partial charge >= 0.3 is 5.97 Å². The zero-order chi connectivity index (χ0) is 12.7. The summed E-state index contributed by atoms with van der Waals surface area (Å²) in [5, 5.41) is 19.9. The van der Waals surface area contributed by atoms with Crippen molar-refractivity contribution >= 4 is 29.3 Å². The summed E-state index contributed by atoms with van der Waals surface area (Å²) >= 11 is 1.33. The van der Waals surface area contributed by atoms with Crippen molar-refractivity contribution in [2.24, 2.45) is 0 Å². The molecule has 0 fully saturated rings. The molecule has 1 aromatic rings. The number of benzene rings is 1. The maximum Gasteiger partial charge on any atom is 0.335 e. The smallest absolute Gasteiger partial charge is 0.335 e. The number of anilines is 1. The van der Waals surface area contributed by atoms with E-state index in [0.29, 0.717) is 11.4 Å². The molecule has 3 N–H and O–H groups in total. The van der Waals surface area contributed by atoms with Crippen molar-refractivity contribution in [3.63, 3.8) is 0 Å². The van der Waals surface area contributed by atoms with Crippen molar-refractivity contribution in [3.05, 3.63) is 29.8 Å². The first-order chi connectivity index (χ1) is 8.13. The van der Waals surface area contributed by atoms with Crippen molar-refractivity contribution in [2.75, 3.05) is 23.4 Å². The molecule has 17 heavy (non-hydrogen) atoms. The highest BCUT2D eigenvalue weighted by Crippen LogP contribution is 2.10. The van der Waals surface area contributed by atoms with Gasteiger partial charge in [-0.2, -0.15) is 0 Å². The van der Waals surface area contributed by atoms with Crippen LogP contribution < -0.4 is 5.32 Å². The normalized spacial score (nSPS) is 9.94. The first-order valence-electron chi connectivity index (χ1n) is 4.95. The molecule has 0 heterocycles. The van der Waals surface area contributed by atoms with Gasteiger partial charge < -0.3 is 15.5 Å². The third kappa shape index (κ3) is 4.88. The Morgan fingerprint density at radius 2 is 1.88 bits per heavy atom. The topological polar surface area (TPSA) is 86.6 Å². The number of amides is 1. The fraction of sp³-hybridized carbons (Fsp3) is 0.273. The second kappa shape index (κ2) is 6.93. The van der Waals surface area contributed by atoms with Gasteiger partial charge in [0.25, 0.3) is 0 Å². The van der Waals surface area contributed by atoms with Gasteiger partial charge in [-0.15, -0.1) is 11.8 Å². The molecule has 1 aromatic carbocycles. The lowest BCUT2D eigenvalue weighted by atomic mass is 10.2. The number of hydrogen-bond acceptors (Lipinski definition) is 4. The largest absolute Gasteiger partial charge is 0.478 e. The number of carbonyl (C=O) groups excluding carboxylic acids is 1. The Morgan fingerprint density at radius 3 is 2.41 bits per heavy atom. The Bertz CT molecular complexity index is 391. The van der Waals surface area contributed by atoms with E-state index in [-0.39, 0.29) is 23.8 Å². The molecular formula is C11H13NO4S. The number of hydrogen-bond donors (Lipinski definition) is 3. The Hall–Kier alpha value is -1.53. The van der Waals surface area contributed by atoms with Crippen LogP contribution in [0, 0.1) is 0 Å². The molecule has 0 unspecified atom stereocenters. The monoisotopic (exact) mass is 255 g/mol. The average molecular weight is 255 g/mol. The molecule has 6 heteroatoms. The molecule has 0 aliphatic heterocycles. The SMILES string of the molecule is O=C(CSCCO)Nc1ccc(C(=O)O)cc1. The Morgan fingerprint density at radius 1 is 1.24 bits per heavy atom. The third-order valence-corrected chi connectivity index (χ3v) is 2.82. The van der Waals surface area contributed by atoms with E-state index >= 15 is 0 Å². The van der Waals surface area contributed by atoms with Crippen LogP contribution in [-0.2, 0) is 4.79 Å². The summed E-state index contributed by atoms with van der Waals surface area (Å²) in [4.78, 5) is 22.0. The average Bonchev–Trinajstić information content (AvgIpc) is 2.30. The van der Waals surface area contributed by atoms with Gasteiger partial charge in [0.2, 0.25) is 5.91 Å². The van der Waals surface area contributed by atoms with Crippen LogP contribution >= 0.6 is 11.8 Å². The number of rotatable bonds is 6. The van der Waals surface area contributed by atoms with E-state index in [1.54, 1.807) is 0 Å². The zero-order valence-corrected chi connectivity index (χ0v) is 9.87. The minimum absolute atomic E-state index is 0.0469. The fourth-order valence-corrected chi connectivity index (χ4v) is 1.65. The van der Waals surface area contributed by atoms with E-state index in [1.165, 1.54) is 36.0 Å². The second-order valence-electron chi connectivity index (χ2n) is 3.21. The van der Waals surface area contributed by atoms with Crippen LogP contribution in [0.5, 0.6) is 0 Å². The van der Waals surface area contributed by atoms with Crippen LogP contribution in [0.25, 0.3) is 0 Å². The standard InChI is InChI=1S/C11H13NO4S/c13-5-6-17-7-10(14)12-9-3-1-8(2-4-9)11(15)16/h1-4,13H,5-7H2,(H,12,14)(H,15,16). The van der Waals surface area contributed by atoms with Crippen molar-refractivity contribution < 1.29 is 19.8 Å². The molecule has 92 valence electrons. The molecule has 0 atom stereocenters. The first-order valence-corrected chi connectivity index (χ1v) is 6.11. The number of thioether (sulfide) groups is 1. The maximum atomic E-state index is 11.4. The molecule has 1 amide bonds. The molecule has 0 aliphatic rings. The number of nitrogens with one attached hydrogen (secondary N) is 1. The molecule has 0 bridgehead atoms. The van der Waals surface area contributed by atoms with Crippen LogP contribution in [0.15, 0.2) is 24.3 Å². The number of carbonyl (C=O) groups is 2.